The van der Waals surface area contributed by atoms with E-state index in [1.54, 1.807) is 16.8 Å². The number of nitrogens with zero attached hydrogens (tertiary/aromatic N) is 7. The summed E-state index contributed by atoms with van der Waals surface area (Å²) in [5, 5.41) is 22.2. The molecule has 0 radical (unpaired) electrons. The van der Waals surface area contributed by atoms with Gasteiger partial charge in [-0.1, -0.05) is 24.1 Å². The second-order valence-corrected chi connectivity index (χ2v) is 9.52. The minimum Gasteiger partial charge on any atom is -0.469 e. The Bertz CT molecular complexity index is 1380. The fourth-order valence-corrected chi connectivity index (χ4v) is 4.98. The molecule has 178 valence electrons. The lowest BCUT2D eigenvalue weighted by molar-refractivity contribution is 0.173. The molecule has 6 rings (SSSR count). The predicted octanol–water partition coefficient (Wildman–Crippen LogP) is 4.01. The Morgan fingerprint density at radius 2 is 2.03 bits per heavy atom. The molecule has 2 aliphatic rings. The molecule has 4 aromatic heterocycles. The van der Waals surface area contributed by atoms with Crippen molar-refractivity contribution in [2.45, 2.75) is 51.2 Å². The lowest BCUT2D eigenvalue weighted by atomic mass is 10.1. The number of hydrogen-bond donors (Lipinski definition) is 1. The van der Waals surface area contributed by atoms with Gasteiger partial charge in [-0.2, -0.15) is 5.26 Å². The summed E-state index contributed by atoms with van der Waals surface area (Å²) in [4.78, 5) is 9.07. The molecule has 2 fully saturated rings. The van der Waals surface area contributed by atoms with Crippen LogP contribution in [0.5, 0.6) is 5.88 Å². The molecule has 1 N–H and O–H groups in total. The van der Waals surface area contributed by atoms with Crippen molar-refractivity contribution >= 4 is 5.65 Å². The summed E-state index contributed by atoms with van der Waals surface area (Å²) in [6.07, 6.45) is 8.58. The minimum atomic E-state index is -0.206. The topological polar surface area (TPSA) is 106 Å². The zero-order valence-corrected chi connectivity index (χ0v) is 19.8. The van der Waals surface area contributed by atoms with Crippen LogP contribution in [-0.2, 0) is 0 Å². The first-order valence-corrected chi connectivity index (χ1v) is 12.3. The van der Waals surface area contributed by atoms with Crippen molar-refractivity contribution in [2.24, 2.45) is 5.92 Å². The van der Waals surface area contributed by atoms with E-state index in [2.05, 4.69) is 43.3 Å². The Labute approximate surface area is 203 Å². The van der Waals surface area contributed by atoms with Gasteiger partial charge in [0.2, 0.25) is 5.88 Å². The Hall–Kier alpha value is -3.77. The van der Waals surface area contributed by atoms with Crippen molar-refractivity contribution in [3.63, 3.8) is 0 Å². The van der Waals surface area contributed by atoms with Gasteiger partial charge in [-0.15, -0.1) is 5.10 Å². The maximum absolute atomic E-state index is 9.72. The number of imidazole rings is 1. The average Bonchev–Trinajstić information content (AvgIpc) is 3.49. The van der Waals surface area contributed by atoms with E-state index in [0.29, 0.717) is 29.2 Å². The van der Waals surface area contributed by atoms with Crippen LogP contribution < -0.4 is 10.1 Å². The number of ether oxygens (including phenoxy) is 1. The van der Waals surface area contributed by atoms with Gasteiger partial charge in [0, 0.05) is 17.8 Å². The third-order valence-electron chi connectivity index (χ3n) is 7.07. The van der Waals surface area contributed by atoms with Crippen molar-refractivity contribution in [3.05, 3.63) is 59.8 Å². The van der Waals surface area contributed by atoms with E-state index in [1.807, 2.05) is 30.3 Å². The average molecular weight is 469 g/mol. The molecule has 9 heteroatoms. The third-order valence-corrected chi connectivity index (χ3v) is 7.07. The number of rotatable bonds is 7. The molecule has 9 nitrogen and oxygen atoms in total. The van der Waals surface area contributed by atoms with Crippen LogP contribution >= 0.6 is 0 Å². The van der Waals surface area contributed by atoms with E-state index in [9.17, 15) is 5.26 Å². The zero-order chi connectivity index (χ0) is 23.8. The van der Waals surface area contributed by atoms with E-state index >= 15 is 0 Å². The lowest BCUT2D eigenvalue weighted by Crippen LogP contribution is -2.30. The van der Waals surface area contributed by atoms with Gasteiger partial charge < -0.3 is 10.1 Å². The van der Waals surface area contributed by atoms with E-state index in [-0.39, 0.29) is 6.10 Å². The molecule has 1 aliphatic carbocycles. The summed E-state index contributed by atoms with van der Waals surface area (Å²) in [7, 11) is 0. The summed E-state index contributed by atoms with van der Waals surface area (Å²) in [6, 6.07) is 12.4. The van der Waals surface area contributed by atoms with Crippen LogP contribution in [0, 0.1) is 24.2 Å². The van der Waals surface area contributed by atoms with Crippen LogP contribution in [0.25, 0.3) is 16.9 Å². The van der Waals surface area contributed by atoms with E-state index in [0.717, 1.165) is 55.0 Å². The summed E-state index contributed by atoms with van der Waals surface area (Å²) >= 11 is 0. The first-order chi connectivity index (χ1) is 17.2. The molecule has 1 aliphatic heterocycles. The molecule has 5 heterocycles. The highest BCUT2D eigenvalue weighted by Crippen LogP contribution is 2.40. The van der Waals surface area contributed by atoms with E-state index in [4.69, 9.17) is 4.74 Å². The fraction of sp³-hybridized carbons (Fsp3) is 0.423. The first-order valence-electron chi connectivity index (χ1n) is 12.3. The second-order valence-electron chi connectivity index (χ2n) is 9.52. The number of hydrogen-bond acceptors (Lipinski definition) is 7. The van der Waals surface area contributed by atoms with Gasteiger partial charge in [0.15, 0.2) is 0 Å². The minimum absolute atomic E-state index is 0.206. The van der Waals surface area contributed by atoms with Crippen LogP contribution in [0.2, 0.25) is 0 Å². The van der Waals surface area contributed by atoms with Crippen LogP contribution in [0.4, 0.5) is 0 Å². The van der Waals surface area contributed by atoms with Gasteiger partial charge in [-0.05, 0) is 63.4 Å². The molecule has 1 saturated carbocycles. The fourth-order valence-electron chi connectivity index (χ4n) is 4.98. The van der Waals surface area contributed by atoms with Gasteiger partial charge in [-0.3, -0.25) is 9.38 Å². The van der Waals surface area contributed by atoms with Crippen LogP contribution in [0.3, 0.4) is 0 Å². The summed E-state index contributed by atoms with van der Waals surface area (Å²) in [5.41, 5.74) is 4.70. The Morgan fingerprint density at radius 3 is 2.77 bits per heavy atom. The van der Waals surface area contributed by atoms with Crippen molar-refractivity contribution in [1.29, 1.82) is 5.26 Å². The monoisotopic (exact) mass is 468 g/mol. The number of aromatic nitrogens is 6. The molecule has 35 heavy (non-hydrogen) atoms. The van der Waals surface area contributed by atoms with Crippen LogP contribution in [-0.4, -0.2) is 42.5 Å². The largest absolute Gasteiger partial charge is 0.469 e. The summed E-state index contributed by atoms with van der Waals surface area (Å²) in [5.74, 6) is 1.21. The van der Waals surface area contributed by atoms with Crippen molar-refractivity contribution in [2.75, 3.05) is 13.1 Å². The van der Waals surface area contributed by atoms with Gasteiger partial charge >= 0.3 is 0 Å². The standard InChI is InChI=1S/C26H28N8O/c1-17-26(31-32-34(17)20-7-10-28-11-8-20)19-13-24-30-16-21(15-27)33(24)25(14-19)35-23(12-18-5-6-18)22-4-2-3-9-29-22/h2-4,9,13-14,16,18,20,23,28H,5-8,10-12H2,1H3. The quantitative estimate of drug-likeness (QED) is 0.437. The van der Waals surface area contributed by atoms with Crippen LogP contribution in [0.15, 0.2) is 42.7 Å². The van der Waals surface area contributed by atoms with Crippen LogP contribution in [0.1, 0.15) is 61.3 Å². The van der Waals surface area contributed by atoms with Gasteiger partial charge in [-0.25, -0.2) is 9.67 Å². The maximum atomic E-state index is 9.72. The molecule has 0 bridgehead atoms. The predicted molar refractivity (Wildman–Crippen MR) is 130 cm³/mol. The Kier molecular flexibility index (Phi) is 5.66. The molecule has 0 spiro atoms. The highest BCUT2D eigenvalue weighted by Gasteiger charge is 2.29. The SMILES string of the molecule is Cc1c(-c2cc(OC(CC3CC3)c3ccccn3)n3c(C#N)cnc3c2)nnn1C1CCNCC1. The molecular weight excluding hydrogens is 440 g/mol. The molecule has 1 atom stereocenters. The summed E-state index contributed by atoms with van der Waals surface area (Å²) in [6.45, 7) is 4.05. The van der Waals surface area contributed by atoms with Gasteiger partial charge in [0.25, 0.3) is 0 Å². The van der Waals surface area contributed by atoms with Crippen molar-refractivity contribution < 1.29 is 4.74 Å². The number of nitriles is 1. The number of pyridine rings is 2. The lowest BCUT2D eigenvalue weighted by Gasteiger charge is -2.23. The molecule has 1 saturated heterocycles. The third kappa shape index (κ3) is 4.26. The van der Waals surface area contributed by atoms with Gasteiger partial charge in [0.05, 0.1) is 23.6 Å². The molecule has 0 amide bonds. The van der Waals surface area contributed by atoms with Crippen molar-refractivity contribution in [3.8, 4) is 23.2 Å². The normalized spacial score (nSPS) is 17.4. The number of nitrogens with one attached hydrogen (secondary N) is 1. The smallest absolute Gasteiger partial charge is 0.201 e. The highest BCUT2D eigenvalue weighted by molar-refractivity contribution is 5.68. The maximum Gasteiger partial charge on any atom is 0.201 e. The van der Waals surface area contributed by atoms with E-state index in [1.165, 1.54) is 12.8 Å². The Morgan fingerprint density at radius 1 is 1.17 bits per heavy atom. The van der Waals surface area contributed by atoms with Gasteiger partial charge in [0.1, 0.15) is 29.2 Å². The molecule has 1 unspecified atom stereocenters. The molecule has 0 aromatic carbocycles. The second kappa shape index (κ2) is 9.12. The molecular formula is C26H28N8O. The number of fused-ring (bicyclic) bond motifs is 1. The summed E-state index contributed by atoms with van der Waals surface area (Å²) < 4.78 is 10.5. The Balaban J connectivity index is 1.42. The number of piperidine rings is 1. The highest BCUT2D eigenvalue weighted by atomic mass is 16.5. The van der Waals surface area contributed by atoms with Crippen molar-refractivity contribution in [1.82, 2.24) is 34.7 Å². The zero-order valence-electron chi connectivity index (χ0n) is 19.8. The molecule has 4 aromatic rings. The van der Waals surface area contributed by atoms with E-state index < -0.39 is 0 Å². The first kappa shape index (κ1) is 21.7.